The van der Waals surface area contributed by atoms with E-state index in [0.717, 1.165) is 25.9 Å². The van der Waals surface area contributed by atoms with E-state index in [1.54, 1.807) is 0 Å². The van der Waals surface area contributed by atoms with Gasteiger partial charge in [-0.2, -0.15) is 0 Å². The molecule has 0 aromatic heterocycles. The lowest BCUT2D eigenvalue weighted by Gasteiger charge is -2.33. The molecule has 106 valence electrons. The number of carbonyl (C=O) groups is 2. The van der Waals surface area contributed by atoms with Crippen molar-refractivity contribution in [1.29, 1.82) is 0 Å². The molecular weight excluding hydrogens is 256 g/mol. The Bertz CT molecular complexity index is 278. The predicted octanol–water partition coefficient (Wildman–Crippen LogP) is -0.0770. The number of nitrogens with one attached hydrogen (secondary N) is 2. The Balaban J connectivity index is 0.00000289. The predicted molar refractivity (Wildman–Crippen MR) is 72.7 cm³/mol. The van der Waals surface area contributed by atoms with Gasteiger partial charge in [-0.3, -0.25) is 15.0 Å². The van der Waals surface area contributed by atoms with Gasteiger partial charge in [-0.25, -0.2) is 4.79 Å². The van der Waals surface area contributed by atoms with Gasteiger partial charge in [-0.05, 0) is 38.8 Å². The Morgan fingerprint density at radius 2 is 1.94 bits per heavy atom. The lowest BCUT2D eigenvalue weighted by atomic mass is 9.91. The Morgan fingerprint density at radius 3 is 2.39 bits per heavy atom. The van der Waals surface area contributed by atoms with Gasteiger partial charge in [0.15, 0.2) is 0 Å². The van der Waals surface area contributed by atoms with Crippen LogP contribution in [0.5, 0.6) is 0 Å². The number of carbonyl (C=O) groups excluding carboxylic acids is 2. The molecule has 6 nitrogen and oxygen atoms in total. The molecule has 0 aromatic carbocycles. The monoisotopic (exact) mass is 278 g/mol. The second-order valence-electron chi connectivity index (χ2n) is 4.60. The summed E-state index contributed by atoms with van der Waals surface area (Å²) < 4.78 is 0. The fourth-order valence-corrected chi connectivity index (χ4v) is 2.07. The van der Waals surface area contributed by atoms with Crippen LogP contribution in [0.15, 0.2) is 0 Å². The van der Waals surface area contributed by atoms with Gasteiger partial charge in [0.25, 0.3) is 0 Å². The van der Waals surface area contributed by atoms with Crippen LogP contribution in [0.4, 0.5) is 4.79 Å². The van der Waals surface area contributed by atoms with E-state index in [9.17, 15) is 9.59 Å². The van der Waals surface area contributed by atoms with Gasteiger partial charge >= 0.3 is 6.03 Å². The molecule has 0 aliphatic carbocycles. The van der Waals surface area contributed by atoms with Crippen LogP contribution in [0, 0.1) is 5.92 Å². The quantitative estimate of drug-likeness (QED) is 0.674. The fourth-order valence-electron chi connectivity index (χ4n) is 2.07. The molecule has 1 fully saturated rings. The van der Waals surface area contributed by atoms with E-state index in [4.69, 9.17) is 5.73 Å². The van der Waals surface area contributed by atoms with E-state index in [-0.39, 0.29) is 30.9 Å². The Morgan fingerprint density at radius 1 is 1.39 bits per heavy atom. The standard InChI is InChI=1S/C11H22N4O2.ClH/c1-8(12)9-3-5-15(6-4-9)7-10(16)14-11(17)13-2;/h8-9H,3-7,12H2,1-2H3,(H2,13,14,16,17);1H. The van der Waals surface area contributed by atoms with Crippen molar-refractivity contribution in [1.82, 2.24) is 15.5 Å². The molecule has 3 amide bonds. The fraction of sp³-hybridized carbons (Fsp3) is 0.818. The van der Waals surface area contributed by atoms with Gasteiger partial charge in [0.2, 0.25) is 5.91 Å². The maximum Gasteiger partial charge on any atom is 0.321 e. The van der Waals surface area contributed by atoms with E-state index in [2.05, 4.69) is 15.5 Å². The molecule has 4 N–H and O–H groups in total. The lowest BCUT2D eigenvalue weighted by Crippen LogP contribution is -2.46. The van der Waals surface area contributed by atoms with E-state index in [0.29, 0.717) is 5.92 Å². The SMILES string of the molecule is CNC(=O)NC(=O)CN1CCC(C(C)N)CC1.Cl. The first kappa shape index (κ1) is 17.2. The highest BCUT2D eigenvalue weighted by Crippen LogP contribution is 2.18. The number of hydrogen-bond acceptors (Lipinski definition) is 4. The van der Waals surface area contributed by atoms with E-state index < -0.39 is 6.03 Å². The van der Waals surface area contributed by atoms with Crippen molar-refractivity contribution < 1.29 is 9.59 Å². The molecule has 7 heteroatoms. The lowest BCUT2D eigenvalue weighted by molar-refractivity contribution is -0.121. The topological polar surface area (TPSA) is 87.5 Å². The van der Waals surface area contributed by atoms with Gasteiger partial charge in [-0.15, -0.1) is 12.4 Å². The molecule has 1 atom stereocenters. The molecular formula is C11H23ClN4O2. The molecule has 0 aromatic rings. The highest BCUT2D eigenvalue weighted by atomic mass is 35.5. The van der Waals surface area contributed by atoms with Crippen molar-refractivity contribution in [2.75, 3.05) is 26.7 Å². The van der Waals surface area contributed by atoms with Crippen LogP contribution in [-0.2, 0) is 4.79 Å². The van der Waals surface area contributed by atoms with Gasteiger partial charge in [0.05, 0.1) is 6.54 Å². The number of halogens is 1. The minimum Gasteiger partial charge on any atom is -0.341 e. The minimum atomic E-state index is -0.458. The summed E-state index contributed by atoms with van der Waals surface area (Å²) in [5.74, 6) is 0.289. The van der Waals surface area contributed by atoms with E-state index in [1.165, 1.54) is 7.05 Å². The zero-order valence-corrected chi connectivity index (χ0v) is 11.8. The maximum atomic E-state index is 11.5. The number of imide groups is 1. The van der Waals surface area contributed by atoms with Crippen molar-refractivity contribution in [2.45, 2.75) is 25.8 Å². The van der Waals surface area contributed by atoms with Gasteiger partial charge in [0, 0.05) is 13.1 Å². The smallest absolute Gasteiger partial charge is 0.321 e. The van der Waals surface area contributed by atoms with Crippen LogP contribution in [0.3, 0.4) is 0 Å². The molecule has 1 aliphatic heterocycles. The molecule has 1 aliphatic rings. The van der Waals surface area contributed by atoms with Gasteiger partial charge in [0.1, 0.15) is 0 Å². The number of hydrogen-bond donors (Lipinski definition) is 3. The number of rotatable bonds is 3. The molecule has 0 saturated carbocycles. The molecule has 1 saturated heterocycles. The molecule has 1 heterocycles. The second-order valence-corrected chi connectivity index (χ2v) is 4.60. The molecule has 1 rings (SSSR count). The maximum absolute atomic E-state index is 11.5. The van der Waals surface area contributed by atoms with Crippen molar-refractivity contribution in [3.8, 4) is 0 Å². The third kappa shape index (κ3) is 5.66. The zero-order valence-electron chi connectivity index (χ0n) is 10.9. The normalized spacial score (nSPS) is 18.6. The zero-order chi connectivity index (χ0) is 12.8. The van der Waals surface area contributed by atoms with Gasteiger partial charge in [-0.1, -0.05) is 0 Å². The van der Waals surface area contributed by atoms with Crippen LogP contribution in [0.1, 0.15) is 19.8 Å². The first-order valence-corrected chi connectivity index (χ1v) is 6.02. The van der Waals surface area contributed by atoms with Gasteiger partial charge < -0.3 is 11.1 Å². The van der Waals surface area contributed by atoms with E-state index >= 15 is 0 Å². The third-order valence-electron chi connectivity index (χ3n) is 3.22. The second kappa shape index (κ2) is 8.29. The van der Waals surface area contributed by atoms with E-state index in [1.807, 2.05) is 6.92 Å². The van der Waals surface area contributed by atoms with Crippen molar-refractivity contribution in [3.05, 3.63) is 0 Å². The summed E-state index contributed by atoms with van der Waals surface area (Å²) in [7, 11) is 1.48. The Hall–Kier alpha value is -0.850. The third-order valence-corrected chi connectivity index (χ3v) is 3.22. The molecule has 0 radical (unpaired) electrons. The summed E-state index contributed by atoms with van der Waals surface area (Å²) >= 11 is 0. The highest BCUT2D eigenvalue weighted by Gasteiger charge is 2.23. The number of urea groups is 1. The van der Waals surface area contributed by atoms with Crippen LogP contribution in [0.25, 0.3) is 0 Å². The summed E-state index contributed by atoms with van der Waals surface area (Å²) in [4.78, 5) is 24.4. The number of likely N-dealkylation sites (tertiary alicyclic amines) is 1. The Kier molecular flexibility index (Phi) is 7.90. The summed E-state index contributed by atoms with van der Waals surface area (Å²) in [5, 5.41) is 4.60. The number of nitrogens with zero attached hydrogens (tertiary/aromatic N) is 1. The van der Waals surface area contributed by atoms with Crippen LogP contribution in [0.2, 0.25) is 0 Å². The first-order chi connectivity index (χ1) is 8.02. The molecule has 1 unspecified atom stereocenters. The Labute approximate surface area is 114 Å². The number of piperidine rings is 1. The highest BCUT2D eigenvalue weighted by molar-refractivity contribution is 5.95. The summed E-state index contributed by atoms with van der Waals surface area (Å²) in [6, 6.07) is -0.239. The molecule has 0 spiro atoms. The van der Waals surface area contributed by atoms with Crippen LogP contribution >= 0.6 is 12.4 Å². The average Bonchev–Trinajstić information content (AvgIpc) is 2.29. The number of nitrogens with two attached hydrogens (primary N) is 1. The average molecular weight is 279 g/mol. The van der Waals surface area contributed by atoms with Crippen molar-refractivity contribution in [2.24, 2.45) is 11.7 Å². The summed E-state index contributed by atoms with van der Waals surface area (Å²) in [6.45, 7) is 4.04. The van der Waals surface area contributed by atoms with Crippen molar-refractivity contribution in [3.63, 3.8) is 0 Å². The van der Waals surface area contributed by atoms with Crippen LogP contribution < -0.4 is 16.4 Å². The summed E-state index contributed by atoms with van der Waals surface area (Å²) in [6.07, 6.45) is 2.04. The first-order valence-electron chi connectivity index (χ1n) is 6.02. The largest absolute Gasteiger partial charge is 0.341 e. The molecule has 18 heavy (non-hydrogen) atoms. The summed E-state index contributed by atoms with van der Waals surface area (Å²) in [5.41, 5.74) is 5.85. The number of amides is 3. The minimum absolute atomic E-state index is 0. The van der Waals surface area contributed by atoms with Crippen molar-refractivity contribution >= 4 is 24.3 Å². The van der Waals surface area contributed by atoms with Crippen LogP contribution in [-0.4, -0.2) is 49.6 Å². The molecule has 0 bridgehead atoms.